The maximum Gasteiger partial charge on any atom is 0.321 e. The number of ether oxygens (including phenoxy) is 1. The Labute approximate surface area is 231 Å². The number of halogens is 1. The molecule has 37 heavy (non-hydrogen) atoms. The predicted octanol–water partition coefficient (Wildman–Crippen LogP) is 7.29. The molecule has 0 amide bonds. The van der Waals surface area contributed by atoms with E-state index in [1.165, 1.54) is 18.4 Å². The summed E-state index contributed by atoms with van der Waals surface area (Å²) in [6.45, 7) is 20.5. The second-order valence-corrected chi connectivity index (χ2v) is 15.5. The minimum Gasteiger partial charge on any atom is -0.459 e. The van der Waals surface area contributed by atoms with Crippen LogP contribution in [0.2, 0.25) is 0 Å². The summed E-state index contributed by atoms with van der Waals surface area (Å²) in [5.74, 6) is 1.09. The average Bonchev–Trinajstić information content (AvgIpc) is 3.18. The molecule has 2 N–H and O–H groups in total. The molecular weight excluding hydrogens is 484 g/mol. The summed E-state index contributed by atoms with van der Waals surface area (Å²) >= 11 is 5.62. The molecule has 4 rings (SSSR count). The number of esters is 1. The van der Waals surface area contributed by atoms with E-state index in [9.17, 15) is 15.0 Å². The highest BCUT2D eigenvalue weighted by molar-refractivity contribution is 6.26. The lowest BCUT2D eigenvalue weighted by Crippen LogP contribution is -2.66. The lowest BCUT2D eigenvalue weighted by atomic mass is 9.35. The van der Waals surface area contributed by atoms with Gasteiger partial charge in [-0.1, -0.05) is 46.8 Å². The molecule has 0 spiro atoms. The van der Waals surface area contributed by atoms with E-state index in [1.54, 1.807) is 0 Å². The monoisotopic (exact) mass is 536 g/mol. The van der Waals surface area contributed by atoms with Crippen molar-refractivity contribution in [2.75, 3.05) is 5.88 Å². The maximum atomic E-state index is 11.8. The molecule has 0 bridgehead atoms. The van der Waals surface area contributed by atoms with Crippen molar-refractivity contribution in [1.29, 1.82) is 0 Å². The van der Waals surface area contributed by atoms with Gasteiger partial charge in [0.05, 0.1) is 12.2 Å². The maximum absolute atomic E-state index is 11.8. The number of alkyl halides is 1. The van der Waals surface area contributed by atoms with Crippen molar-refractivity contribution in [3.63, 3.8) is 0 Å². The van der Waals surface area contributed by atoms with Gasteiger partial charge < -0.3 is 14.9 Å². The summed E-state index contributed by atoms with van der Waals surface area (Å²) in [6, 6.07) is 0. The van der Waals surface area contributed by atoms with Crippen molar-refractivity contribution in [1.82, 2.24) is 0 Å². The van der Waals surface area contributed by atoms with Gasteiger partial charge in [-0.15, -0.1) is 11.6 Å². The van der Waals surface area contributed by atoms with Gasteiger partial charge in [0.2, 0.25) is 0 Å². The van der Waals surface area contributed by atoms with E-state index in [0.717, 1.165) is 51.4 Å². The Morgan fingerprint density at radius 1 is 1.00 bits per heavy atom. The summed E-state index contributed by atoms with van der Waals surface area (Å²) in [5, 5.41) is 22.7. The molecule has 0 heterocycles. The van der Waals surface area contributed by atoms with E-state index in [-0.39, 0.29) is 51.6 Å². The Morgan fingerprint density at radius 3 is 2.30 bits per heavy atom. The second kappa shape index (κ2) is 9.81. The van der Waals surface area contributed by atoms with E-state index in [0.29, 0.717) is 17.8 Å². The number of fused-ring (bicyclic) bond motifs is 5. The highest BCUT2D eigenvalue weighted by Gasteiger charge is 2.70. The highest BCUT2D eigenvalue weighted by Crippen LogP contribution is 2.75. The zero-order valence-corrected chi connectivity index (χ0v) is 25.3. The Morgan fingerprint density at radius 2 is 1.65 bits per heavy atom. The summed E-state index contributed by atoms with van der Waals surface area (Å²) in [5.41, 5.74) is 1.09. The van der Waals surface area contributed by atoms with Crippen LogP contribution in [0.1, 0.15) is 113 Å². The molecule has 0 aliphatic heterocycles. The third-order valence-corrected chi connectivity index (χ3v) is 12.9. The normalized spacial score (nSPS) is 44.9. The van der Waals surface area contributed by atoms with Crippen LogP contribution in [0.3, 0.4) is 0 Å². The standard InChI is InChI=1S/C32H53ClO4/c1-20(10-9-14-28(2,3)37-26(36)19-33)21-11-16-32(8)27(21)22(34)18-24-30(6)15-13-25(35)29(4,5)23(30)12-17-31(24,32)7/h21-25,27,34-35H,1,9-19H2,2-8H3/t21-,22-,23+,24-,25+,27+,30+,31-,32-/m1/s1. The SMILES string of the molecule is C=C(CCCC(C)(C)OC(=O)CCl)[C@H]1CC[C@]2(C)[C@@H]1[C@H](O)C[C@@H]1[C@@]3(C)CC[C@H](O)C(C)(C)[C@@H]3CC[C@]12C. The Bertz CT molecular complexity index is 897. The number of aliphatic hydroxyl groups excluding tert-OH is 2. The van der Waals surface area contributed by atoms with Crippen molar-refractivity contribution >= 4 is 17.6 Å². The van der Waals surface area contributed by atoms with Crippen molar-refractivity contribution in [2.24, 2.45) is 45.3 Å². The number of aliphatic hydroxyl groups is 2. The van der Waals surface area contributed by atoms with Gasteiger partial charge in [0.25, 0.3) is 0 Å². The minimum absolute atomic E-state index is 0.0740. The quantitative estimate of drug-likeness (QED) is 0.203. The van der Waals surface area contributed by atoms with Gasteiger partial charge in [-0.3, -0.25) is 4.79 Å². The Kier molecular flexibility index (Phi) is 7.79. The van der Waals surface area contributed by atoms with Crippen molar-refractivity contribution in [3.8, 4) is 0 Å². The third-order valence-electron chi connectivity index (χ3n) is 12.7. The van der Waals surface area contributed by atoms with Gasteiger partial charge in [-0.05, 0) is 123 Å². The average molecular weight is 537 g/mol. The summed E-state index contributed by atoms with van der Waals surface area (Å²) in [7, 11) is 0. The van der Waals surface area contributed by atoms with Crippen LogP contribution < -0.4 is 0 Å². The number of carbonyl (C=O) groups excluding carboxylic acids is 1. The lowest BCUT2D eigenvalue weighted by molar-refractivity contribution is -0.240. The fourth-order valence-corrected chi connectivity index (χ4v) is 10.6. The first-order valence-electron chi connectivity index (χ1n) is 14.8. The molecule has 4 aliphatic rings. The molecule has 212 valence electrons. The van der Waals surface area contributed by atoms with Gasteiger partial charge >= 0.3 is 5.97 Å². The van der Waals surface area contributed by atoms with Crippen molar-refractivity contribution < 1.29 is 19.7 Å². The smallest absolute Gasteiger partial charge is 0.321 e. The second-order valence-electron chi connectivity index (χ2n) is 15.2. The van der Waals surface area contributed by atoms with E-state index < -0.39 is 5.60 Å². The zero-order valence-electron chi connectivity index (χ0n) is 24.5. The molecule has 4 aliphatic carbocycles. The minimum atomic E-state index is -0.531. The topological polar surface area (TPSA) is 66.8 Å². The number of allylic oxidation sites excluding steroid dienone is 1. The highest BCUT2D eigenvalue weighted by atomic mass is 35.5. The molecule has 0 unspecified atom stereocenters. The summed E-state index contributed by atoms with van der Waals surface area (Å²) < 4.78 is 5.50. The molecule has 0 saturated heterocycles. The first-order valence-corrected chi connectivity index (χ1v) is 15.4. The molecule has 0 aromatic rings. The molecule has 0 radical (unpaired) electrons. The molecule has 4 nitrogen and oxygen atoms in total. The van der Waals surface area contributed by atoms with Crippen molar-refractivity contribution in [2.45, 2.75) is 130 Å². The van der Waals surface area contributed by atoms with Crippen LogP contribution in [0.25, 0.3) is 0 Å². The summed E-state index contributed by atoms with van der Waals surface area (Å²) in [4.78, 5) is 11.7. The van der Waals surface area contributed by atoms with Gasteiger partial charge in [-0.25, -0.2) is 0 Å². The van der Waals surface area contributed by atoms with Crippen LogP contribution in [0.15, 0.2) is 12.2 Å². The van der Waals surface area contributed by atoms with Crippen LogP contribution in [-0.2, 0) is 9.53 Å². The van der Waals surface area contributed by atoms with Gasteiger partial charge in [-0.2, -0.15) is 0 Å². The molecule has 0 aromatic heterocycles. The van der Waals surface area contributed by atoms with Crippen LogP contribution in [0, 0.1) is 45.3 Å². The van der Waals surface area contributed by atoms with Crippen LogP contribution in [0.5, 0.6) is 0 Å². The molecule has 5 heteroatoms. The first kappa shape index (κ1) is 29.4. The van der Waals surface area contributed by atoms with Gasteiger partial charge in [0, 0.05) is 0 Å². The molecule has 4 saturated carbocycles. The van der Waals surface area contributed by atoms with E-state index in [4.69, 9.17) is 16.3 Å². The van der Waals surface area contributed by atoms with E-state index in [1.807, 2.05) is 13.8 Å². The largest absolute Gasteiger partial charge is 0.459 e. The summed E-state index contributed by atoms with van der Waals surface area (Å²) in [6.07, 6.45) is 9.48. The fraction of sp³-hybridized carbons (Fsp3) is 0.906. The third kappa shape index (κ3) is 4.63. The number of rotatable bonds is 7. The van der Waals surface area contributed by atoms with Crippen LogP contribution in [-0.4, -0.2) is 39.9 Å². The Balaban J connectivity index is 1.50. The van der Waals surface area contributed by atoms with Gasteiger partial charge in [0.1, 0.15) is 11.5 Å². The molecule has 9 atom stereocenters. The molecular formula is C32H53ClO4. The number of carbonyl (C=O) groups is 1. The lowest BCUT2D eigenvalue weighted by Gasteiger charge is -2.70. The fourth-order valence-electron chi connectivity index (χ4n) is 10.5. The number of hydrogen-bond donors (Lipinski definition) is 2. The number of hydrogen-bond acceptors (Lipinski definition) is 4. The van der Waals surface area contributed by atoms with Gasteiger partial charge in [0.15, 0.2) is 0 Å². The molecule has 0 aromatic carbocycles. The molecule has 4 fully saturated rings. The van der Waals surface area contributed by atoms with Crippen LogP contribution in [0.4, 0.5) is 0 Å². The van der Waals surface area contributed by atoms with E-state index in [2.05, 4.69) is 41.2 Å². The predicted molar refractivity (Wildman–Crippen MR) is 150 cm³/mol. The van der Waals surface area contributed by atoms with Crippen molar-refractivity contribution in [3.05, 3.63) is 12.2 Å². The first-order chi connectivity index (χ1) is 17.0. The zero-order chi connectivity index (χ0) is 27.6. The van der Waals surface area contributed by atoms with Crippen LogP contribution >= 0.6 is 11.6 Å². The Hall–Kier alpha value is -0.580. The van der Waals surface area contributed by atoms with E-state index >= 15 is 0 Å².